The van der Waals surface area contributed by atoms with Gasteiger partial charge in [-0.25, -0.2) is 0 Å². The van der Waals surface area contributed by atoms with Crippen LogP contribution >= 0.6 is 0 Å². The first kappa shape index (κ1) is 20.6. The van der Waals surface area contributed by atoms with Gasteiger partial charge in [0, 0.05) is 17.1 Å². The molecule has 0 aliphatic carbocycles. The molecule has 0 radical (unpaired) electrons. The fraction of sp³-hybridized carbons (Fsp3) is 0.0435. The molecule has 2 heterocycles. The van der Waals surface area contributed by atoms with Gasteiger partial charge in [0.1, 0.15) is 11.1 Å². The number of sulfonamides is 1. The average molecular weight is 463 g/mol. The Morgan fingerprint density at radius 3 is 2.48 bits per heavy atom. The van der Waals surface area contributed by atoms with Crippen LogP contribution in [0.1, 0.15) is 10.4 Å². The molecular formula is C23H17N3O6S. The number of nitrogens with zero attached hydrogens (tertiary/aromatic N) is 1. The van der Waals surface area contributed by atoms with E-state index < -0.39 is 15.9 Å². The van der Waals surface area contributed by atoms with Crippen LogP contribution in [0, 0.1) is 0 Å². The van der Waals surface area contributed by atoms with Crippen LogP contribution in [0.2, 0.25) is 0 Å². The normalized spacial score (nSPS) is 13.2. The molecule has 1 amide bonds. The standard InChI is InChI=1S/C23H17N3O6S/c27-22(24-16-10-11-20-21(13-16)31-14-30-20)18-12-15-6-4-5-9-19(15)32-23(18)25-26-33(28,29)17-7-2-1-3-8-17/h1-13,26H,14H2,(H,24,27)/b25-23+. The lowest BCUT2D eigenvalue weighted by atomic mass is 10.1. The summed E-state index contributed by atoms with van der Waals surface area (Å²) in [6.07, 6.45) is 0. The molecule has 5 rings (SSSR count). The zero-order valence-corrected chi connectivity index (χ0v) is 17.8. The summed E-state index contributed by atoms with van der Waals surface area (Å²) in [6.45, 7) is 0.112. The molecule has 0 spiro atoms. The summed E-state index contributed by atoms with van der Waals surface area (Å²) in [5.41, 5.74) is 0.761. The third-order valence-corrected chi connectivity index (χ3v) is 6.08. The molecule has 0 unspecified atom stereocenters. The van der Waals surface area contributed by atoms with Crippen LogP contribution in [0.5, 0.6) is 11.5 Å². The van der Waals surface area contributed by atoms with Gasteiger partial charge in [-0.3, -0.25) is 4.79 Å². The first-order valence-corrected chi connectivity index (χ1v) is 11.3. The second kappa shape index (κ2) is 8.32. The van der Waals surface area contributed by atoms with Crippen molar-refractivity contribution in [2.45, 2.75) is 4.90 Å². The van der Waals surface area contributed by atoms with Crippen molar-refractivity contribution in [3.63, 3.8) is 0 Å². The highest BCUT2D eigenvalue weighted by atomic mass is 32.2. The van der Waals surface area contributed by atoms with Crippen molar-refractivity contribution in [2.75, 3.05) is 12.1 Å². The van der Waals surface area contributed by atoms with E-state index in [-0.39, 0.29) is 22.8 Å². The summed E-state index contributed by atoms with van der Waals surface area (Å²) >= 11 is 0. The Balaban J connectivity index is 1.52. The third-order valence-electron chi connectivity index (χ3n) is 4.85. The van der Waals surface area contributed by atoms with Crippen molar-refractivity contribution in [2.24, 2.45) is 5.10 Å². The molecule has 3 aromatic carbocycles. The molecule has 0 saturated heterocycles. The maximum absolute atomic E-state index is 13.1. The number of hydrogen-bond donors (Lipinski definition) is 2. The van der Waals surface area contributed by atoms with Gasteiger partial charge in [-0.15, -0.1) is 5.10 Å². The Hall–Kier alpha value is -4.31. The highest BCUT2D eigenvalue weighted by Gasteiger charge is 2.18. The predicted molar refractivity (Wildman–Crippen MR) is 119 cm³/mol. The summed E-state index contributed by atoms with van der Waals surface area (Å²) in [4.78, 5) is 15.3. The van der Waals surface area contributed by atoms with E-state index in [2.05, 4.69) is 15.2 Å². The van der Waals surface area contributed by atoms with Crippen molar-refractivity contribution in [3.05, 3.63) is 90.0 Å². The topological polar surface area (TPSA) is 119 Å². The minimum atomic E-state index is -3.96. The molecule has 166 valence electrons. The second-order valence-electron chi connectivity index (χ2n) is 7.04. The quantitative estimate of drug-likeness (QED) is 0.439. The van der Waals surface area contributed by atoms with Crippen molar-refractivity contribution < 1.29 is 27.1 Å². The second-order valence-corrected chi connectivity index (χ2v) is 8.71. The largest absolute Gasteiger partial charge is 0.454 e. The van der Waals surface area contributed by atoms with Crippen LogP contribution in [-0.2, 0) is 10.0 Å². The number of carbonyl (C=O) groups excluding carboxylic acids is 1. The molecule has 0 atom stereocenters. The molecule has 10 heteroatoms. The Morgan fingerprint density at radius 2 is 1.64 bits per heavy atom. The molecular weight excluding hydrogens is 446 g/mol. The molecule has 0 bridgehead atoms. The van der Waals surface area contributed by atoms with Gasteiger partial charge in [0.2, 0.25) is 12.3 Å². The Morgan fingerprint density at radius 1 is 0.879 bits per heavy atom. The minimum absolute atomic E-state index is 0.0286. The monoisotopic (exact) mass is 463 g/mol. The van der Waals surface area contributed by atoms with E-state index in [1.807, 2.05) is 0 Å². The van der Waals surface area contributed by atoms with Crippen molar-refractivity contribution >= 4 is 32.6 Å². The molecule has 2 N–H and O–H groups in total. The zero-order chi connectivity index (χ0) is 22.8. The first-order chi connectivity index (χ1) is 16.0. The number of para-hydroxylation sites is 1. The molecule has 0 saturated carbocycles. The maximum Gasteiger partial charge on any atom is 0.276 e. The predicted octanol–water partition coefficient (Wildman–Crippen LogP) is 3.21. The van der Waals surface area contributed by atoms with Gasteiger partial charge >= 0.3 is 0 Å². The Bertz CT molecular complexity index is 1530. The molecule has 1 aromatic heterocycles. The van der Waals surface area contributed by atoms with Crippen LogP contribution < -0.4 is 25.2 Å². The van der Waals surface area contributed by atoms with Gasteiger partial charge in [-0.2, -0.15) is 13.2 Å². The molecule has 33 heavy (non-hydrogen) atoms. The number of fused-ring (bicyclic) bond motifs is 2. The highest BCUT2D eigenvalue weighted by Crippen LogP contribution is 2.34. The fourth-order valence-electron chi connectivity index (χ4n) is 3.24. The zero-order valence-electron chi connectivity index (χ0n) is 17.0. The first-order valence-electron chi connectivity index (χ1n) is 9.84. The van der Waals surface area contributed by atoms with Crippen LogP contribution in [-0.4, -0.2) is 21.1 Å². The number of benzene rings is 3. The number of amides is 1. The van der Waals surface area contributed by atoms with E-state index in [1.54, 1.807) is 66.7 Å². The van der Waals surface area contributed by atoms with E-state index in [1.165, 1.54) is 12.1 Å². The lowest BCUT2D eigenvalue weighted by Gasteiger charge is -2.08. The van der Waals surface area contributed by atoms with Crippen molar-refractivity contribution in [1.29, 1.82) is 0 Å². The minimum Gasteiger partial charge on any atom is -0.454 e. The van der Waals surface area contributed by atoms with Crippen LogP contribution in [0.4, 0.5) is 5.69 Å². The summed E-state index contributed by atoms with van der Waals surface area (Å²) in [5.74, 6) is 0.553. The lowest BCUT2D eigenvalue weighted by Crippen LogP contribution is -2.27. The van der Waals surface area contributed by atoms with Gasteiger partial charge in [0.15, 0.2) is 11.5 Å². The van der Waals surface area contributed by atoms with Crippen LogP contribution in [0.15, 0.2) is 93.3 Å². The lowest BCUT2D eigenvalue weighted by molar-refractivity contribution is 0.102. The number of nitrogens with one attached hydrogen (secondary N) is 2. The van der Waals surface area contributed by atoms with Crippen molar-refractivity contribution in [3.8, 4) is 11.5 Å². The summed E-state index contributed by atoms with van der Waals surface area (Å²) in [7, 11) is -3.96. The van der Waals surface area contributed by atoms with E-state index in [0.29, 0.717) is 28.2 Å². The van der Waals surface area contributed by atoms with Crippen LogP contribution in [0.25, 0.3) is 11.0 Å². The van der Waals surface area contributed by atoms with E-state index in [9.17, 15) is 13.2 Å². The van der Waals surface area contributed by atoms with Crippen LogP contribution in [0.3, 0.4) is 0 Å². The van der Waals surface area contributed by atoms with E-state index >= 15 is 0 Å². The Labute approximate surface area is 188 Å². The molecule has 1 aliphatic rings. The van der Waals surface area contributed by atoms with E-state index in [4.69, 9.17) is 13.9 Å². The third kappa shape index (κ3) is 4.23. The van der Waals surface area contributed by atoms with Gasteiger partial charge in [-0.1, -0.05) is 36.4 Å². The SMILES string of the molecule is O=C(Nc1ccc2c(c1)OCO2)c1cc2ccccc2o/c1=N/NS(=O)(=O)c1ccccc1. The van der Waals surface area contributed by atoms with E-state index in [0.717, 1.165) is 0 Å². The number of rotatable bonds is 5. The molecule has 4 aromatic rings. The molecule has 0 fully saturated rings. The summed E-state index contributed by atoms with van der Waals surface area (Å²) in [5, 5.41) is 7.32. The molecule has 9 nitrogen and oxygen atoms in total. The Kier molecular flexibility index (Phi) is 5.19. The average Bonchev–Trinajstić information content (AvgIpc) is 3.31. The van der Waals surface area contributed by atoms with Gasteiger partial charge < -0.3 is 19.2 Å². The number of hydrogen-bond acceptors (Lipinski definition) is 7. The summed E-state index contributed by atoms with van der Waals surface area (Å²) < 4.78 is 41.5. The number of carbonyl (C=O) groups is 1. The van der Waals surface area contributed by atoms with Crippen molar-refractivity contribution in [1.82, 2.24) is 4.83 Å². The number of anilines is 1. The maximum atomic E-state index is 13.1. The number of ether oxygens (including phenoxy) is 2. The van der Waals surface area contributed by atoms with Gasteiger partial charge in [-0.05, 0) is 36.4 Å². The van der Waals surface area contributed by atoms with Gasteiger partial charge in [0.05, 0.1) is 4.90 Å². The fourth-order valence-corrected chi connectivity index (χ4v) is 4.07. The van der Waals surface area contributed by atoms with Gasteiger partial charge in [0.25, 0.3) is 15.9 Å². The highest BCUT2D eigenvalue weighted by molar-refractivity contribution is 7.89. The molecule has 1 aliphatic heterocycles. The smallest absolute Gasteiger partial charge is 0.276 e. The summed E-state index contributed by atoms with van der Waals surface area (Å²) in [6, 6.07) is 21.3.